The molecule has 2 aromatic rings. The fraction of sp³-hybridized carbons (Fsp3) is 0.278. The molecule has 2 aromatic carbocycles. The first-order chi connectivity index (χ1) is 10.0. The van der Waals surface area contributed by atoms with Crippen molar-refractivity contribution in [2.75, 3.05) is 0 Å². The third-order valence-electron chi connectivity index (χ3n) is 3.37. The highest BCUT2D eigenvalue weighted by atomic mass is 16.5. The Hall–Kier alpha value is -2.31. The first-order valence-corrected chi connectivity index (χ1v) is 7.01. The second kappa shape index (κ2) is 6.43. The number of hydrogen-bond donors (Lipinski definition) is 1. The number of rotatable bonds is 4. The van der Waals surface area contributed by atoms with Crippen molar-refractivity contribution >= 4 is 0 Å². The molecule has 0 aliphatic heterocycles. The van der Waals surface area contributed by atoms with E-state index >= 15 is 0 Å². The molecular formula is C18H19NO2. The van der Waals surface area contributed by atoms with E-state index in [1.807, 2.05) is 24.3 Å². The summed E-state index contributed by atoms with van der Waals surface area (Å²) in [6.07, 6.45) is -0.650. The summed E-state index contributed by atoms with van der Waals surface area (Å²) in [6.45, 7) is 5.95. The molecule has 1 atom stereocenters. The number of nitriles is 1. The predicted molar refractivity (Wildman–Crippen MR) is 82.4 cm³/mol. The first kappa shape index (κ1) is 15.1. The van der Waals surface area contributed by atoms with Crippen LogP contribution in [0.2, 0.25) is 0 Å². The number of nitrogens with zero attached hydrogens (tertiary/aromatic N) is 1. The Morgan fingerprint density at radius 2 is 1.71 bits per heavy atom. The molecule has 21 heavy (non-hydrogen) atoms. The molecule has 0 heterocycles. The molecule has 3 heteroatoms. The Kier molecular flexibility index (Phi) is 4.62. The van der Waals surface area contributed by atoms with E-state index in [0.29, 0.717) is 28.5 Å². The monoisotopic (exact) mass is 281 g/mol. The van der Waals surface area contributed by atoms with Gasteiger partial charge in [-0.15, -0.1) is 0 Å². The van der Waals surface area contributed by atoms with E-state index < -0.39 is 6.10 Å². The van der Waals surface area contributed by atoms with Crippen LogP contribution in [0.25, 0.3) is 0 Å². The number of hydrogen-bond acceptors (Lipinski definition) is 3. The van der Waals surface area contributed by atoms with Crippen LogP contribution in [0.3, 0.4) is 0 Å². The van der Waals surface area contributed by atoms with Crippen LogP contribution in [-0.4, -0.2) is 5.11 Å². The molecule has 0 spiro atoms. The van der Waals surface area contributed by atoms with Gasteiger partial charge in [0.25, 0.3) is 0 Å². The van der Waals surface area contributed by atoms with Crippen molar-refractivity contribution in [2.45, 2.75) is 32.8 Å². The van der Waals surface area contributed by atoms with Gasteiger partial charge in [0.2, 0.25) is 0 Å². The fourth-order valence-corrected chi connectivity index (χ4v) is 2.09. The third kappa shape index (κ3) is 3.62. The van der Waals surface area contributed by atoms with Gasteiger partial charge in [0.15, 0.2) is 0 Å². The summed E-state index contributed by atoms with van der Waals surface area (Å²) >= 11 is 0. The molecular weight excluding hydrogens is 262 g/mol. The zero-order valence-corrected chi connectivity index (χ0v) is 12.5. The molecule has 0 aromatic heterocycles. The lowest BCUT2D eigenvalue weighted by Gasteiger charge is -2.14. The standard InChI is InChI=1S/C18H19NO2/c1-12(2)15-5-7-16(8-6-15)21-18-10-14(11-19)4-9-17(18)13(3)20/h4-10,12-13,20H,1-3H3/t13-/m0/s1. The number of ether oxygens (including phenoxy) is 1. The highest BCUT2D eigenvalue weighted by Crippen LogP contribution is 2.31. The van der Waals surface area contributed by atoms with Crippen LogP contribution in [0.5, 0.6) is 11.5 Å². The zero-order valence-electron chi connectivity index (χ0n) is 12.5. The Balaban J connectivity index is 2.31. The van der Waals surface area contributed by atoms with Crippen LogP contribution in [0.4, 0.5) is 0 Å². The van der Waals surface area contributed by atoms with E-state index in [0.717, 1.165) is 0 Å². The van der Waals surface area contributed by atoms with Gasteiger partial charge < -0.3 is 9.84 Å². The Morgan fingerprint density at radius 1 is 1.05 bits per heavy atom. The van der Waals surface area contributed by atoms with E-state index in [1.54, 1.807) is 25.1 Å². The summed E-state index contributed by atoms with van der Waals surface area (Å²) in [6, 6.07) is 15.0. The van der Waals surface area contributed by atoms with Crippen LogP contribution < -0.4 is 4.74 Å². The van der Waals surface area contributed by atoms with Crippen LogP contribution in [0.15, 0.2) is 42.5 Å². The van der Waals surface area contributed by atoms with Gasteiger partial charge in [-0.2, -0.15) is 5.26 Å². The molecule has 0 aliphatic rings. The highest BCUT2D eigenvalue weighted by molar-refractivity contribution is 5.45. The number of aliphatic hydroxyl groups is 1. The van der Waals surface area contributed by atoms with Crippen molar-refractivity contribution in [3.8, 4) is 17.6 Å². The van der Waals surface area contributed by atoms with Gasteiger partial charge in [-0.3, -0.25) is 0 Å². The largest absolute Gasteiger partial charge is 0.457 e. The van der Waals surface area contributed by atoms with Gasteiger partial charge in [-0.1, -0.05) is 32.0 Å². The SMILES string of the molecule is CC(C)c1ccc(Oc2cc(C#N)ccc2[C@H](C)O)cc1. The average Bonchev–Trinajstić information content (AvgIpc) is 2.47. The Labute approximate surface area is 125 Å². The van der Waals surface area contributed by atoms with Gasteiger partial charge in [0.1, 0.15) is 11.5 Å². The van der Waals surface area contributed by atoms with E-state index in [2.05, 4.69) is 19.9 Å². The van der Waals surface area contributed by atoms with Crippen molar-refractivity contribution in [2.24, 2.45) is 0 Å². The smallest absolute Gasteiger partial charge is 0.134 e. The quantitative estimate of drug-likeness (QED) is 0.896. The molecule has 0 aliphatic carbocycles. The lowest BCUT2D eigenvalue weighted by Crippen LogP contribution is -1.97. The molecule has 0 radical (unpaired) electrons. The number of aliphatic hydroxyl groups excluding tert-OH is 1. The second-order valence-electron chi connectivity index (χ2n) is 5.37. The molecule has 0 saturated carbocycles. The first-order valence-electron chi connectivity index (χ1n) is 7.01. The summed E-state index contributed by atoms with van der Waals surface area (Å²) in [7, 11) is 0. The van der Waals surface area contributed by atoms with Crippen molar-refractivity contribution < 1.29 is 9.84 Å². The van der Waals surface area contributed by atoms with Gasteiger partial charge >= 0.3 is 0 Å². The van der Waals surface area contributed by atoms with Gasteiger partial charge in [0.05, 0.1) is 17.7 Å². The van der Waals surface area contributed by atoms with Gasteiger partial charge in [-0.05, 0) is 42.7 Å². The molecule has 0 bridgehead atoms. The molecule has 0 unspecified atom stereocenters. The lowest BCUT2D eigenvalue weighted by atomic mass is 10.0. The lowest BCUT2D eigenvalue weighted by molar-refractivity contribution is 0.195. The van der Waals surface area contributed by atoms with E-state index in [-0.39, 0.29) is 0 Å². The molecule has 108 valence electrons. The number of benzene rings is 2. The minimum atomic E-state index is -0.650. The maximum atomic E-state index is 9.80. The third-order valence-corrected chi connectivity index (χ3v) is 3.37. The summed E-state index contributed by atoms with van der Waals surface area (Å²) in [5, 5.41) is 18.8. The minimum Gasteiger partial charge on any atom is -0.457 e. The van der Waals surface area contributed by atoms with Crippen LogP contribution in [-0.2, 0) is 0 Å². The molecule has 0 amide bonds. The van der Waals surface area contributed by atoms with Gasteiger partial charge in [-0.25, -0.2) is 0 Å². The topological polar surface area (TPSA) is 53.2 Å². The van der Waals surface area contributed by atoms with Crippen LogP contribution in [0.1, 0.15) is 49.5 Å². The summed E-state index contributed by atoms with van der Waals surface area (Å²) in [4.78, 5) is 0. The Bertz CT molecular complexity index is 652. The van der Waals surface area contributed by atoms with E-state index in [1.165, 1.54) is 5.56 Å². The van der Waals surface area contributed by atoms with Crippen molar-refractivity contribution in [1.29, 1.82) is 5.26 Å². The van der Waals surface area contributed by atoms with Gasteiger partial charge in [0, 0.05) is 5.56 Å². The zero-order chi connectivity index (χ0) is 15.4. The maximum absolute atomic E-state index is 9.80. The van der Waals surface area contributed by atoms with Crippen LogP contribution in [0, 0.1) is 11.3 Å². The Morgan fingerprint density at radius 3 is 2.24 bits per heavy atom. The van der Waals surface area contributed by atoms with Crippen molar-refractivity contribution in [3.05, 3.63) is 59.2 Å². The maximum Gasteiger partial charge on any atom is 0.134 e. The predicted octanol–water partition coefficient (Wildman–Crippen LogP) is 4.53. The highest BCUT2D eigenvalue weighted by Gasteiger charge is 2.11. The fourth-order valence-electron chi connectivity index (χ4n) is 2.09. The van der Waals surface area contributed by atoms with E-state index in [9.17, 15) is 5.11 Å². The van der Waals surface area contributed by atoms with Crippen molar-refractivity contribution in [1.82, 2.24) is 0 Å². The molecule has 0 saturated heterocycles. The summed E-state index contributed by atoms with van der Waals surface area (Å²) < 4.78 is 5.84. The summed E-state index contributed by atoms with van der Waals surface area (Å²) in [5.74, 6) is 1.67. The average molecular weight is 281 g/mol. The molecule has 1 N–H and O–H groups in total. The minimum absolute atomic E-state index is 0.467. The normalized spacial score (nSPS) is 12.0. The molecule has 0 fully saturated rings. The van der Waals surface area contributed by atoms with Crippen molar-refractivity contribution in [3.63, 3.8) is 0 Å². The summed E-state index contributed by atoms with van der Waals surface area (Å²) in [5.41, 5.74) is 2.42. The molecule has 3 nitrogen and oxygen atoms in total. The molecule has 2 rings (SSSR count). The second-order valence-corrected chi connectivity index (χ2v) is 5.37. The van der Waals surface area contributed by atoms with E-state index in [4.69, 9.17) is 10.00 Å². The van der Waals surface area contributed by atoms with Crippen LogP contribution >= 0.6 is 0 Å².